The number of ether oxygens (including phenoxy) is 1. The van der Waals surface area contributed by atoms with E-state index in [9.17, 15) is 14.6 Å². The zero-order chi connectivity index (χ0) is 20.9. The smallest absolute Gasteiger partial charge is 0.312 e. The quantitative estimate of drug-likeness (QED) is 0.509. The lowest BCUT2D eigenvalue weighted by atomic mass is 9.99. The highest BCUT2D eigenvalue weighted by Crippen LogP contribution is 2.45. The van der Waals surface area contributed by atoms with Gasteiger partial charge in [-0.05, 0) is 24.2 Å². The van der Waals surface area contributed by atoms with Crippen LogP contribution in [-0.2, 0) is 9.16 Å². The summed E-state index contributed by atoms with van der Waals surface area (Å²) in [7, 11) is -2.19. The van der Waals surface area contributed by atoms with Crippen molar-refractivity contribution < 1.29 is 23.8 Å². The van der Waals surface area contributed by atoms with Gasteiger partial charge in [0.05, 0.1) is 24.7 Å². The minimum absolute atomic E-state index is 0.0453. The molecule has 2 aromatic heterocycles. The fraction of sp³-hybridized carbons (Fsp3) is 0.667. The van der Waals surface area contributed by atoms with Crippen LogP contribution in [0.3, 0.4) is 0 Å². The van der Waals surface area contributed by atoms with E-state index in [2.05, 4.69) is 43.8 Å². The first-order chi connectivity index (χ1) is 12.9. The first-order valence-electron chi connectivity index (χ1n) is 9.31. The highest BCUT2D eigenvalue weighted by molar-refractivity contribution is 6.74. The van der Waals surface area contributed by atoms with Crippen molar-refractivity contribution >= 4 is 25.2 Å². The zero-order valence-corrected chi connectivity index (χ0v) is 17.9. The molecule has 10 heteroatoms. The number of nitrogens with zero attached hydrogens (tertiary/aromatic N) is 3. The number of aliphatic hydroxyl groups is 2. The lowest BCUT2D eigenvalue weighted by Gasteiger charge is -2.42. The Morgan fingerprint density at radius 2 is 2.00 bits per heavy atom. The molecule has 1 aliphatic rings. The number of hydrogen-bond donors (Lipinski definition) is 3. The van der Waals surface area contributed by atoms with Gasteiger partial charge in [-0.2, -0.15) is 14.4 Å². The molecule has 1 fully saturated rings. The van der Waals surface area contributed by atoms with E-state index in [4.69, 9.17) is 14.9 Å². The van der Waals surface area contributed by atoms with Crippen molar-refractivity contribution in [1.82, 2.24) is 14.5 Å². The topological polar surface area (TPSA) is 116 Å². The molecule has 1 saturated heterocycles. The molecule has 0 unspecified atom stereocenters. The predicted octanol–water partition coefficient (Wildman–Crippen LogP) is 2.19. The van der Waals surface area contributed by atoms with Gasteiger partial charge in [0.25, 0.3) is 0 Å². The van der Waals surface area contributed by atoms with E-state index in [-0.39, 0.29) is 10.9 Å². The summed E-state index contributed by atoms with van der Waals surface area (Å²) < 4.78 is 27.9. The molecule has 1 aliphatic heterocycles. The summed E-state index contributed by atoms with van der Waals surface area (Å²) in [4.78, 5) is 7.39. The number of nitrogen functional groups attached to an aromatic ring is 1. The molecule has 0 aromatic carbocycles. The third kappa shape index (κ3) is 3.43. The average molecular weight is 413 g/mol. The summed E-state index contributed by atoms with van der Waals surface area (Å²) in [5.74, 6) is 0.0453. The van der Waals surface area contributed by atoms with Gasteiger partial charge in [0, 0.05) is 12.6 Å². The van der Waals surface area contributed by atoms with Crippen LogP contribution >= 0.6 is 0 Å². The Hall–Kier alpha value is -1.59. The molecule has 0 aliphatic carbocycles. The van der Waals surface area contributed by atoms with Crippen LogP contribution in [0.2, 0.25) is 18.1 Å². The molecule has 0 spiro atoms. The molecule has 4 N–H and O–H groups in total. The number of fused-ring (bicyclic) bond motifs is 1. The minimum Gasteiger partial charge on any atom is -0.411 e. The van der Waals surface area contributed by atoms with Gasteiger partial charge in [-0.1, -0.05) is 20.8 Å². The molecule has 0 radical (unpaired) electrons. The number of rotatable bonds is 5. The van der Waals surface area contributed by atoms with Crippen molar-refractivity contribution in [3.63, 3.8) is 0 Å². The van der Waals surface area contributed by atoms with E-state index in [1.807, 2.05) is 0 Å². The summed E-state index contributed by atoms with van der Waals surface area (Å²) in [6.45, 7) is 9.77. The second-order valence-corrected chi connectivity index (χ2v) is 13.7. The standard InChI is InChI=1S/C18H29FN4O4Si/c1-17(2,3)28(4,5)27-12-8-13(26-18(12,9-24)10-25)23-7-6-11-14(20)21-16(19)22-15(11)23/h6-7,12-13,24-25H,8-10H2,1-5H3,(H2,20,21,22)/t12-,13+/m0/s1. The molecule has 8 nitrogen and oxygen atoms in total. The largest absolute Gasteiger partial charge is 0.411 e. The van der Waals surface area contributed by atoms with Gasteiger partial charge >= 0.3 is 6.08 Å². The summed E-state index contributed by atoms with van der Waals surface area (Å²) in [5.41, 5.74) is 4.83. The lowest BCUT2D eigenvalue weighted by molar-refractivity contribution is -0.146. The third-order valence-corrected chi connectivity index (χ3v) is 10.5. The summed E-state index contributed by atoms with van der Waals surface area (Å²) in [5, 5.41) is 20.5. The van der Waals surface area contributed by atoms with Gasteiger partial charge in [-0.3, -0.25) is 0 Å². The van der Waals surface area contributed by atoms with Gasteiger partial charge in [0.15, 0.2) is 14.0 Å². The highest BCUT2D eigenvalue weighted by atomic mass is 28.4. The number of anilines is 1. The molecule has 0 amide bonds. The maximum absolute atomic E-state index is 13.7. The van der Waals surface area contributed by atoms with Gasteiger partial charge in [0.2, 0.25) is 0 Å². The average Bonchev–Trinajstić information content (AvgIpc) is 3.15. The molecule has 0 bridgehead atoms. The Labute approximate surface area is 164 Å². The fourth-order valence-electron chi connectivity index (χ4n) is 3.24. The van der Waals surface area contributed by atoms with E-state index >= 15 is 0 Å². The molecule has 3 rings (SSSR count). The monoisotopic (exact) mass is 412 g/mol. The van der Waals surface area contributed by atoms with Gasteiger partial charge in [-0.25, -0.2) is 0 Å². The summed E-state index contributed by atoms with van der Waals surface area (Å²) in [6, 6.07) is 1.69. The Morgan fingerprint density at radius 3 is 2.57 bits per heavy atom. The lowest BCUT2D eigenvalue weighted by Crippen LogP contribution is -2.54. The van der Waals surface area contributed by atoms with E-state index < -0.39 is 45.5 Å². The number of halogens is 1. The molecular weight excluding hydrogens is 383 g/mol. The van der Waals surface area contributed by atoms with Crippen LogP contribution in [0.1, 0.15) is 33.4 Å². The van der Waals surface area contributed by atoms with Crippen molar-refractivity contribution in [2.45, 2.75) is 63.3 Å². The first kappa shape index (κ1) is 21.1. The van der Waals surface area contributed by atoms with Crippen LogP contribution < -0.4 is 5.73 Å². The zero-order valence-electron chi connectivity index (χ0n) is 16.9. The van der Waals surface area contributed by atoms with Crippen LogP contribution in [0.4, 0.5) is 10.2 Å². The molecule has 0 saturated carbocycles. The second-order valence-electron chi connectivity index (χ2n) is 8.89. The fourth-order valence-corrected chi connectivity index (χ4v) is 4.62. The normalized spacial score (nSPS) is 22.9. The molecular formula is C18H29FN4O4Si. The van der Waals surface area contributed by atoms with E-state index in [0.717, 1.165) is 0 Å². The van der Waals surface area contributed by atoms with Gasteiger partial charge in [0.1, 0.15) is 17.6 Å². The van der Waals surface area contributed by atoms with Crippen LogP contribution in [0.5, 0.6) is 0 Å². The van der Waals surface area contributed by atoms with Crippen molar-refractivity contribution in [2.75, 3.05) is 18.9 Å². The maximum Gasteiger partial charge on any atom is 0.312 e. The maximum atomic E-state index is 13.7. The number of hydrogen-bond acceptors (Lipinski definition) is 7. The summed E-state index contributed by atoms with van der Waals surface area (Å²) in [6.07, 6.45) is 0.0273. The Morgan fingerprint density at radius 1 is 1.36 bits per heavy atom. The summed E-state index contributed by atoms with van der Waals surface area (Å²) >= 11 is 0. The van der Waals surface area contributed by atoms with Crippen molar-refractivity contribution in [1.29, 1.82) is 0 Å². The van der Waals surface area contributed by atoms with Crippen molar-refractivity contribution in [2.24, 2.45) is 0 Å². The van der Waals surface area contributed by atoms with Gasteiger partial charge < -0.3 is 29.7 Å². The van der Waals surface area contributed by atoms with E-state index in [0.29, 0.717) is 17.5 Å². The van der Waals surface area contributed by atoms with Crippen LogP contribution in [0, 0.1) is 6.08 Å². The van der Waals surface area contributed by atoms with E-state index in [1.165, 1.54) is 0 Å². The Balaban J connectivity index is 1.98. The number of nitrogens with two attached hydrogens (primary N) is 1. The van der Waals surface area contributed by atoms with Crippen LogP contribution in [0.15, 0.2) is 12.3 Å². The molecule has 2 atom stereocenters. The molecule has 28 heavy (non-hydrogen) atoms. The minimum atomic E-state index is -2.19. The molecule has 3 heterocycles. The van der Waals surface area contributed by atoms with Gasteiger partial charge in [-0.15, -0.1) is 0 Å². The van der Waals surface area contributed by atoms with Crippen LogP contribution in [0.25, 0.3) is 11.0 Å². The first-order valence-corrected chi connectivity index (χ1v) is 12.2. The molecule has 156 valence electrons. The predicted molar refractivity (Wildman–Crippen MR) is 106 cm³/mol. The Kier molecular flexibility index (Phi) is 5.30. The van der Waals surface area contributed by atoms with E-state index in [1.54, 1.807) is 16.8 Å². The van der Waals surface area contributed by atoms with Crippen molar-refractivity contribution in [3.8, 4) is 0 Å². The van der Waals surface area contributed by atoms with Crippen molar-refractivity contribution in [3.05, 3.63) is 18.3 Å². The Bertz CT molecular complexity index is 863. The number of aliphatic hydroxyl groups excluding tert-OH is 2. The molecule has 2 aromatic rings. The number of aromatic nitrogens is 3. The second kappa shape index (κ2) is 7.03. The third-order valence-electron chi connectivity index (χ3n) is 6.04. The van der Waals surface area contributed by atoms with Crippen LogP contribution in [-0.4, -0.2) is 58.0 Å². The SMILES string of the molecule is CC(C)(C)[Si](C)(C)O[C@H]1C[C@H](n2ccc3c(N)nc(F)nc32)OC1(CO)CO. The highest BCUT2D eigenvalue weighted by Gasteiger charge is 2.53.